The third-order valence-corrected chi connectivity index (χ3v) is 8.07. The predicted octanol–water partition coefficient (Wildman–Crippen LogP) is 4.51. The second kappa shape index (κ2) is 9.22. The number of aryl methyl sites for hydroxylation is 1. The minimum absolute atomic E-state index is 0.0136. The van der Waals surface area contributed by atoms with E-state index in [2.05, 4.69) is 38.8 Å². The molecular weight excluding hydrogens is 462 g/mol. The number of nitrogens with zero attached hydrogens (tertiary/aromatic N) is 4. The first kappa shape index (κ1) is 21.9. The van der Waals surface area contributed by atoms with E-state index in [0.29, 0.717) is 35.4 Å². The molecule has 1 atom stereocenters. The molecule has 2 amide bonds. The summed E-state index contributed by atoms with van der Waals surface area (Å²) in [5.41, 5.74) is 4.83. The van der Waals surface area contributed by atoms with E-state index in [0.717, 1.165) is 37.1 Å². The zero-order valence-corrected chi connectivity index (χ0v) is 20.0. The van der Waals surface area contributed by atoms with Gasteiger partial charge >= 0.3 is 0 Å². The number of aromatic nitrogens is 3. The van der Waals surface area contributed by atoms with Gasteiger partial charge in [-0.25, -0.2) is 9.61 Å². The highest BCUT2D eigenvalue weighted by Gasteiger charge is 2.28. The van der Waals surface area contributed by atoms with Gasteiger partial charge in [-0.15, -0.1) is 11.3 Å². The Balaban J connectivity index is 1.08. The summed E-state index contributed by atoms with van der Waals surface area (Å²) in [4.78, 5) is 32.5. The molecular formula is C26H25N5O3S. The summed E-state index contributed by atoms with van der Waals surface area (Å²) in [7, 11) is 0. The average Bonchev–Trinajstić information content (AvgIpc) is 3.58. The zero-order valence-electron chi connectivity index (χ0n) is 19.1. The molecule has 2 aliphatic rings. The van der Waals surface area contributed by atoms with Gasteiger partial charge in [-0.2, -0.15) is 0 Å². The standard InChI is InChI=1S/C26H25N5O3S/c32-24(27-20-7-3-5-16-4-1-2-6-19(16)20)23-15-35-25(28-23)17-10-12-31(13-11-17)26(33)18-8-9-21-22(14-18)30-34-29-21/h1-2,4,6,8-9,14-15,17,20H,3,5,7,10-13H2,(H,27,32). The zero-order chi connectivity index (χ0) is 23.8. The van der Waals surface area contributed by atoms with Gasteiger partial charge in [0.15, 0.2) is 0 Å². The Bertz CT molecular complexity index is 1390. The first-order chi connectivity index (χ1) is 17.2. The quantitative estimate of drug-likeness (QED) is 0.455. The summed E-state index contributed by atoms with van der Waals surface area (Å²) >= 11 is 1.54. The van der Waals surface area contributed by atoms with Crippen molar-refractivity contribution in [3.8, 4) is 0 Å². The normalized spacial score (nSPS) is 18.4. The van der Waals surface area contributed by atoms with Crippen molar-refractivity contribution in [1.29, 1.82) is 0 Å². The molecule has 3 heterocycles. The molecule has 0 spiro atoms. The molecule has 1 saturated heterocycles. The molecule has 1 aliphatic heterocycles. The molecule has 8 nitrogen and oxygen atoms in total. The Labute approximate surface area is 206 Å². The van der Waals surface area contributed by atoms with E-state index in [1.54, 1.807) is 18.2 Å². The summed E-state index contributed by atoms with van der Waals surface area (Å²) < 4.78 is 4.73. The largest absolute Gasteiger partial charge is 0.344 e. The van der Waals surface area contributed by atoms with Crippen LogP contribution in [0.5, 0.6) is 0 Å². The van der Waals surface area contributed by atoms with E-state index in [9.17, 15) is 9.59 Å². The van der Waals surface area contributed by atoms with Crippen molar-refractivity contribution in [2.24, 2.45) is 0 Å². The molecule has 1 fully saturated rings. The summed E-state index contributed by atoms with van der Waals surface area (Å²) in [5, 5.41) is 13.6. The van der Waals surface area contributed by atoms with E-state index < -0.39 is 0 Å². The highest BCUT2D eigenvalue weighted by molar-refractivity contribution is 7.09. The highest BCUT2D eigenvalue weighted by Crippen LogP contribution is 2.32. The van der Waals surface area contributed by atoms with Gasteiger partial charge in [0.25, 0.3) is 11.8 Å². The van der Waals surface area contributed by atoms with Gasteiger partial charge in [-0.3, -0.25) is 9.59 Å². The number of rotatable bonds is 4. The predicted molar refractivity (Wildman–Crippen MR) is 131 cm³/mol. The number of carbonyl (C=O) groups is 2. The van der Waals surface area contributed by atoms with Crippen LogP contribution in [0.1, 0.15) is 74.6 Å². The maximum absolute atomic E-state index is 13.0. The first-order valence-corrected chi connectivity index (χ1v) is 12.9. The lowest BCUT2D eigenvalue weighted by Crippen LogP contribution is -2.38. The van der Waals surface area contributed by atoms with E-state index >= 15 is 0 Å². The molecule has 1 aliphatic carbocycles. The Morgan fingerprint density at radius 1 is 1.03 bits per heavy atom. The number of nitrogens with one attached hydrogen (secondary N) is 1. The molecule has 6 rings (SSSR count). The van der Waals surface area contributed by atoms with E-state index in [4.69, 9.17) is 4.63 Å². The summed E-state index contributed by atoms with van der Waals surface area (Å²) in [5.74, 6) is 0.128. The van der Waals surface area contributed by atoms with Crippen molar-refractivity contribution in [3.63, 3.8) is 0 Å². The highest BCUT2D eigenvalue weighted by atomic mass is 32.1. The average molecular weight is 488 g/mol. The maximum Gasteiger partial charge on any atom is 0.271 e. The number of likely N-dealkylation sites (tertiary alicyclic amines) is 1. The van der Waals surface area contributed by atoms with Crippen molar-refractivity contribution in [1.82, 2.24) is 25.5 Å². The van der Waals surface area contributed by atoms with Gasteiger partial charge in [-0.1, -0.05) is 24.3 Å². The SMILES string of the molecule is O=C(NC1CCCc2ccccc21)c1csc(C2CCN(C(=O)c3ccc4nonc4c3)CC2)n1. The van der Waals surface area contributed by atoms with Crippen LogP contribution in [0.15, 0.2) is 52.5 Å². The van der Waals surface area contributed by atoms with Crippen molar-refractivity contribution < 1.29 is 14.2 Å². The Hall–Kier alpha value is -3.59. The number of hydrogen-bond acceptors (Lipinski definition) is 7. The first-order valence-electron chi connectivity index (χ1n) is 12.0. The fourth-order valence-corrected chi connectivity index (χ4v) is 6.11. The number of carbonyl (C=O) groups excluding carboxylic acids is 2. The van der Waals surface area contributed by atoms with Crippen LogP contribution in [-0.4, -0.2) is 45.1 Å². The molecule has 0 radical (unpaired) electrons. The van der Waals surface area contributed by atoms with Gasteiger partial charge in [0.1, 0.15) is 16.7 Å². The molecule has 178 valence electrons. The fraction of sp³-hybridized carbons (Fsp3) is 0.346. The Morgan fingerprint density at radius 2 is 1.86 bits per heavy atom. The van der Waals surface area contributed by atoms with Crippen LogP contribution in [-0.2, 0) is 6.42 Å². The summed E-state index contributed by atoms with van der Waals surface area (Å²) in [6.07, 6.45) is 4.74. The fourth-order valence-electron chi connectivity index (χ4n) is 5.14. The molecule has 0 bridgehead atoms. The molecule has 2 aromatic carbocycles. The van der Waals surface area contributed by atoms with Crippen molar-refractivity contribution in [3.05, 3.63) is 75.2 Å². The molecule has 2 aromatic heterocycles. The number of thiazole rings is 1. The second-order valence-electron chi connectivity index (χ2n) is 9.22. The van der Waals surface area contributed by atoms with E-state index in [1.165, 1.54) is 22.5 Å². The van der Waals surface area contributed by atoms with Gasteiger partial charge in [0.2, 0.25) is 0 Å². The molecule has 1 N–H and O–H groups in total. The number of benzene rings is 2. The summed E-state index contributed by atoms with van der Waals surface area (Å²) in [6, 6.07) is 13.6. The third-order valence-electron chi connectivity index (χ3n) is 7.06. The topological polar surface area (TPSA) is 101 Å². The molecule has 35 heavy (non-hydrogen) atoms. The molecule has 4 aromatic rings. The number of fused-ring (bicyclic) bond motifs is 2. The maximum atomic E-state index is 13.0. The van der Waals surface area contributed by atoms with E-state index in [-0.39, 0.29) is 23.8 Å². The van der Waals surface area contributed by atoms with Crippen LogP contribution < -0.4 is 5.32 Å². The minimum atomic E-state index is -0.112. The monoisotopic (exact) mass is 487 g/mol. The number of piperidine rings is 1. The molecule has 1 unspecified atom stereocenters. The van der Waals surface area contributed by atoms with Crippen LogP contribution in [0.4, 0.5) is 0 Å². The smallest absolute Gasteiger partial charge is 0.271 e. The number of hydrogen-bond donors (Lipinski definition) is 1. The van der Waals surface area contributed by atoms with Gasteiger partial charge in [0, 0.05) is 30.0 Å². The Kier molecular flexibility index (Phi) is 5.77. The van der Waals surface area contributed by atoms with E-state index in [1.807, 2.05) is 16.3 Å². The molecule has 9 heteroatoms. The van der Waals surface area contributed by atoms with Crippen molar-refractivity contribution in [2.45, 2.75) is 44.1 Å². The lowest BCUT2D eigenvalue weighted by atomic mass is 9.88. The lowest BCUT2D eigenvalue weighted by molar-refractivity contribution is 0.0713. The van der Waals surface area contributed by atoms with Crippen LogP contribution in [0.3, 0.4) is 0 Å². The molecule has 0 saturated carbocycles. The van der Waals surface area contributed by atoms with Crippen LogP contribution in [0.25, 0.3) is 11.0 Å². The van der Waals surface area contributed by atoms with Gasteiger partial charge in [-0.05, 0) is 71.7 Å². The van der Waals surface area contributed by atoms with Crippen LogP contribution >= 0.6 is 11.3 Å². The second-order valence-corrected chi connectivity index (χ2v) is 10.1. The van der Waals surface area contributed by atoms with Gasteiger partial charge in [0.05, 0.1) is 11.0 Å². The summed E-state index contributed by atoms with van der Waals surface area (Å²) in [6.45, 7) is 1.30. The van der Waals surface area contributed by atoms with Gasteiger partial charge < -0.3 is 10.2 Å². The van der Waals surface area contributed by atoms with Crippen LogP contribution in [0.2, 0.25) is 0 Å². The number of amides is 2. The lowest BCUT2D eigenvalue weighted by Gasteiger charge is -2.31. The van der Waals surface area contributed by atoms with Crippen LogP contribution in [0, 0.1) is 0 Å². The minimum Gasteiger partial charge on any atom is -0.344 e. The van der Waals surface area contributed by atoms with Crippen molar-refractivity contribution >= 4 is 34.2 Å². The third kappa shape index (κ3) is 4.32. The Morgan fingerprint density at radius 3 is 2.74 bits per heavy atom. The van der Waals surface area contributed by atoms with Crippen molar-refractivity contribution in [2.75, 3.05) is 13.1 Å².